The molecule has 24 heavy (non-hydrogen) atoms. The van der Waals surface area contributed by atoms with Crippen LogP contribution in [0.1, 0.15) is 11.1 Å². The molecule has 0 aliphatic heterocycles. The minimum absolute atomic E-state index is 0.692. The summed E-state index contributed by atoms with van der Waals surface area (Å²) in [5, 5.41) is 14.4. The monoisotopic (exact) mass is 312 g/mol. The van der Waals surface area contributed by atoms with Gasteiger partial charge in [-0.05, 0) is 60.0 Å². The van der Waals surface area contributed by atoms with Crippen LogP contribution in [0.5, 0.6) is 0 Å². The molecule has 4 aromatic rings. The highest BCUT2D eigenvalue weighted by molar-refractivity contribution is 5.89. The predicted molar refractivity (Wildman–Crippen MR) is 95.4 cm³/mol. The predicted octanol–water partition coefficient (Wildman–Crippen LogP) is 4.42. The van der Waals surface area contributed by atoms with Gasteiger partial charge in [0.1, 0.15) is 0 Å². The zero-order chi connectivity index (χ0) is 16.7. The highest BCUT2D eigenvalue weighted by atomic mass is 15.3. The fraction of sp³-hybridized carbons (Fsp3) is 0.100. The molecule has 0 unspecified atom stereocenters. The maximum absolute atomic E-state index is 9.02. The van der Waals surface area contributed by atoms with E-state index in [0.717, 1.165) is 39.0 Å². The summed E-state index contributed by atoms with van der Waals surface area (Å²) in [6, 6.07) is 18.5. The summed E-state index contributed by atoms with van der Waals surface area (Å²) >= 11 is 0. The summed E-state index contributed by atoms with van der Waals surface area (Å²) in [5.74, 6) is 0. The second-order valence-corrected chi connectivity index (χ2v) is 5.97. The highest BCUT2D eigenvalue weighted by Gasteiger charge is 2.09. The summed E-state index contributed by atoms with van der Waals surface area (Å²) in [6.07, 6.45) is 1.80. The van der Waals surface area contributed by atoms with Crippen molar-refractivity contribution >= 4 is 10.9 Å². The van der Waals surface area contributed by atoms with E-state index in [1.807, 2.05) is 42.9 Å². The molecule has 0 saturated carbocycles. The van der Waals surface area contributed by atoms with Crippen LogP contribution in [-0.4, -0.2) is 14.8 Å². The van der Waals surface area contributed by atoms with Crippen molar-refractivity contribution in [2.75, 3.05) is 0 Å². The van der Waals surface area contributed by atoms with Crippen LogP contribution in [0.15, 0.2) is 54.7 Å². The van der Waals surface area contributed by atoms with Crippen LogP contribution in [0.25, 0.3) is 33.4 Å². The Morgan fingerprint density at radius 2 is 1.96 bits per heavy atom. The molecule has 116 valence electrons. The van der Waals surface area contributed by atoms with Gasteiger partial charge in [0.25, 0.3) is 0 Å². The summed E-state index contributed by atoms with van der Waals surface area (Å²) in [4.78, 5) is 3.45. The SMILES string of the molecule is Cc1cc(C#N)ccc1-c1ccc2[nH]c(-c3ccnn3C)cc2c1. The third-order valence-electron chi connectivity index (χ3n) is 4.38. The topological polar surface area (TPSA) is 57.4 Å². The van der Waals surface area contributed by atoms with E-state index in [9.17, 15) is 0 Å². The number of hydrogen-bond acceptors (Lipinski definition) is 2. The molecule has 0 atom stereocenters. The summed E-state index contributed by atoms with van der Waals surface area (Å²) in [6.45, 7) is 2.04. The van der Waals surface area contributed by atoms with Gasteiger partial charge in [-0.25, -0.2) is 0 Å². The van der Waals surface area contributed by atoms with Gasteiger partial charge in [-0.15, -0.1) is 0 Å². The minimum Gasteiger partial charge on any atom is -0.353 e. The van der Waals surface area contributed by atoms with Crippen molar-refractivity contribution in [2.45, 2.75) is 6.92 Å². The maximum Gasteiger partial charge on any atom is 0.0991 e. The maximum atomic E-state index is 9.02. The number of aromatic amines is 1. The van der Waals surface area contributed by atoms with Crippen LogP contribution in [-0.2, 0) is 7.05 Å². The molecule has 0 amide bonds. The van der Waals surface area contributed by atoms with Gasteiger partial charge in [0.2, 0.25) is 0 Å². The number of benzene rings is 2. The molecule has 1 N–H and O–H groups in total. The third kappa shape index (κ3) is 2.27. The van der Waals surface area contributed by atoms with Crippen molar-refractivity contribution in [3.63, 3.8) is 0 Å². The Balaban J connectivity index is 1.82. The number of aromatic nitrogens is 3. The van der Waals surface area contributed by atoms with E-state index < -0.39 is 0 Å². The number of rotatable bonds is 2. The Morgan fingerprint density at radius 3 is 2.67 bits per heavy atom. The first-order chi connectivity index (χ1) is 11.7. The van der Waals surface area contributed by atoms with Crippen molar-refractivity contribution in [1.82, 2.24) is 14.8 Å². The van der Waals surface area contributed by atoms with Crippen LogP contribution in [0.4, 0.5) is 0 Å². The summed E-state index contributed by atoms with van der Waals surface area (Å²) < 4.78 is 1.86. The lowest BCUT2D eigenvalue weighted by molar-refractivity contribution is 0.774. The first-order valence-corrected chi connectivity index (χ1v) is 7.78. The molecule has 0 aliphatic carbocycles. The number of hydrogen-bond donors (Lipinski definition) is 1. The van der Waals surface area contributed by atoms with E-state index >= 15 is 0 Å². The van der Waals surface area contributed by atoms with Crippen molar-refractivity contribution in [3.05, 3.63) is 65.9 Å². The molecule has 2 heterocycles. The molecule has 0 aliphatic rings. The molecule has 4 heteroatoms. The molecule has 4 rings (SSSR count). The average Bonchev–Trinajstić information content (AvgIpc) is 3.19. The Kier molecular flexibility index (Phi) is 3.21. The molecule has 0 spiro atoms. The van der Waals surface area contributed by atoms with Crippen LogP contribution >= 0.6 is 0 Å². The first-order valence-electron chi connectivity index (χ1n) is 7.78. The van der Waals surface area contributed by atoms with Crippen molar-refractivity contribution in [1.29, 1.82) is 5.26 Å². The van der Waals surface area contributed by atoms with Gasteiger partial charge in [-0.2, -0.15) is 10.4 Å². The average molecular weight is 312 g/mol. The molecule has 0 bridgehead atoms. The van der Waals surface area contributed by atoms with Crippen LogP contribution in [0, 0.1) is 18.3 Å². The van der Waals surface area contributed by atoms with Gasteiger partial charge in [-0.1, -0.05) is 12.1 Å². The van der Waals surface area contributed by atoms with E-state index in [-0.39, 0.29) is 0 Å². The molecule has 0 radical (unpaired) electrons. The smallest absolute Gasteiger partial charge is 0.0991 e. The van der Waals surface area contributed by atoms with Crippen LogP contribution < -0.4 is 0 Å². The van der Waals surface area contributed by atoms with E-state index in [1.165, 1.54) is 0 Å². The molecule has 0 saturated heterocycles. The number of aryl methyl sites for hydroxylation is 2. The van der Waals surface area contributed by atoms with Crippen LogP contribution in [0.3, 0.4) is 0 Å². The molecule has 2 aromatic heterocycles. The largest absolute Gasteiger partial charge is 0.353 e. The second-order valence-electron chi connectivity index (χ2n) is 5.97. The molecular formula is C20H16N4. The highest BCUT2D eigenvalue weighted by Crippen LogP contribution is 2.30. The summed E-state index contributed by atoms with van der Waals surface area (Å²) in [7, 11) is 1.94. The number of nitriles is 1. The van der Waals surface area contributed by atoms with Gasteiger partial charge < -0.3 is 4.98 Å². The lowest BCUT2D eigenvalue weighted by Crippen LogP contribution is -1.92. The zero-order valence-electron chi connectivity index (χ0n) is 13.5. The van der Waals surface area contributed by atoms with Gasteiger partial charge in [0.15, 0.2) is 0 Å². The number of H-pyrrole nitrogens is 1. The quantitative estimate of drug-likeness (QED) is 0.596. The van der Waals surface area contributed by atoms with Gasteiger partial charge in [0.05, 0.1) is 23.0 Å². The molecule has 0 fully saturated rings. The fourth-order valence-electron chi connectivity index (χ4n) is 3.13. The Morgan fingerprint density at radius 1 is 1.08 bits per heavy atom. The van der Waals surface area contributed by atoms with Crippen molar-refractivity contribution in [2.24, 2.45) is 7.05 Å². The minimum atomic E-state index is 0.692. The lowest BCUT2D eigenvalue weighted by Gasteiger charge is -2.06. The standard InChI is InChI=1S/C20H16N4/c1-13-9-14(12-21)3-5-17(13)15-4-6-18-16(10-15)11-19(23-18)20-7-8-22-24(20)2/h3-11,23H,1-2H3. The normalized spacial score (nSPS) is 10.9. The number of nitrogens with one attached hydrogen (secondary N) is 1. The van der Waals surface area contributed by atoms with E-state index in [1.54, 1.807) is 6.20 Å². The fourth-order valence-corrected chi connectivity index (χ4v) is 3.13. The third-order valence-corrected chi connectivity index (χ3v) is 4.38. The van der Waals surface area contributed by atoms with E-state index in [2.05, 4.69) is 40.4 Å². The van der Waals surface area contributed by atoms with E-state index in [4.69, 9.17) is 5.26 Å². The Labute approximate surface area is 140 Å². The van der Waals surface area contributed by atoms with Crippen molar-refractivity contribution < 1.29 is 0 Å². The van der Waals surface area contributed by atoms with Gasteiger partial charge >= 0.3 is 0 Å². The first kappa shape index (κ1) is 14.3. The summed E-state index contributed by atoms with van der Waals surface area (Å²) in [5.41, 5.74) is 7.31. The zero-order valence-corrected chi connectivity index (χ0v) is 13.5. The van der Waals surface area contributed by atoms with E-state index in [0.29, 0.717) is 5.56 Å². The number of fused-ring (bicyclic) bond motifs is 1. The van der Waals surface area contributed by atoms with Crippen molar-refractivity contribution in [3.8, 4) is 28.6 Å². The molecule has 2 aromatic carbocycles. The number of nitrogens with zero attached hydrogens (tertiary/aromatic N) is 3. The molecular weight excluding hydrogens is 296 g/mol. The Bertz CT molecular complexity index is 1090. The second kappa shape index (κ2) is 5.39. The van der Waals surface area contributed by atoms with Gasteiger partial charge in [-0.3, -0.25) is 4.68 Å². The Hall–Kier alpha value is -3.32. The van der Waals surface area contributed by atoms with Gasteiger partial charge in [0, 0.05) is 24.1 Å². The van der Waals surface area contributed by atoms with Crippen LogP contribution in [0.2, 0.25) is 0 Å². The lowest BCUT2D eigenvalue weighted by atomic mass is 9.98. The molecule has 4 nitrogen and oxygen atoms in total.